The molecule has 1 aromatic heterocycles. The highest BCUT2D eigenvalue weighted by molar-refractivity contribution is 7.09. The van der Waals surface area contributed by atoms with Crippen LogP contribution in [-0.2, 0) is 6.42 Å². The number of nitrogens with zero attached hydrogens (tertiary/aromatic N) is 1. The van der Waals surface area contributed by atoms with E-state index in [9.17, 15) is 0 Å². The van der Waals surface area contributed by atoms with E-state index in [4.69, 9.17) is 0 Å². The molecule has 0 aliphatic rings. The second-order valence-corrected chi connectivity index (χ2v) is 5.29. The van der Waals surface area contributed by atoms with Gasteiger partial charge in [0.1, 0.15) is 0 Å². The number of thiophene rings is 1. The van der Waals surface area contributed by atoms with Crippen LogP contribution in [0.3, 0.4) is 0 Å². The molecule has 1 atom stereocenters. The number of hydrogen-bond donors (Lipinski definition) is 1. The maximum Gasteiger partial charge on any atom is 0.00579 e. The Morgan fingerprint density at radius 2 is 2.33 bits per heavy atom. The largest absolute Gasteiger partial charge is 0.319 e. The van der Waals surface area contributed by atoms with Crippen LogP contribution in [0.5, 0.6) is 0 Å². The third kappa shape index (κ3) is 5.30. The maximum absolute atomic E-state index is 3.22. The smallest absolute Gasteiger partial charge is 0.00579 e. The average molecular weight is 226 g/mol. The molecular formula is C12H22N2S. The summed E-state index contributed by atoms with van der Waals surface area (Å²) in [5.41, 5.74) is 0. The second kappa shape index (κ2) is 6.99. The van der Waals surface area contributed by atoms with Gasteiger partial charge in [0, 0.05) is 18.0 Å². The zero-order valence-electron chi connectivity index (χ0n) is 9.99. The van der Waals surface area contributed by atoms with Gasteiger partial charge in [-0.25, -0.2) is 0 Å². The maximum atomic E-state index is 3.22. The Morgan fingerprint density at radius 1 is 1.53 bits per heavy atom. The minimum Gasteiger partial charge on any atom is -0.319 e. The summed E-state index contributed by atoms with van der Waals surface area (Å²) in [5.74, 6) is 0.725. The molecule has 0 spiro atoms. The van der Waals surface area contributed by atoms with Gasteiger partial charge in [0.15, 0.2) is 0 Å². The SMILES string of the molecule is CNCC(C)CN(C)CCc1cccs1. The molecule has 0 saturated heterocycles. The molecular weight excluding hydrogens is 204 g/mol. The Kier molecular flexibility index (Phi) is 5.91. The van der Waals surface area contributed by atoms with E-state index in [0.29, 0.717) is 0 Å². The topological polar surface area (TPSA) is 15.3 Å². The fourth-order valence-corrected chi connectivity index (χ4v) is 2.49. The molecule has 2 nitrogen and oxygen atoms in total. The van der Waals surface area contributed by atoms with E-state index in [1.807, 2.05) is 18.4 Å². The molecule has 0 aliphatic carbocycles. The normalized spacial score (nSPS) is 13.3. The van der Waals surface area contributed by atoms with Crippen LogP contribution in [0.4, 0.5) is 0 Å². The Balaban J connectivity index is 2.15. The van der Waals surface area contributed by atoms with E-state index < -0.39 is 0 Å². The number of likely N-dealkylation sites (N-methyl/N-ethyl adjacent to an activating group) is 1. The van der Waals surface area contributed by atoms with Crippen molar-refractivity contribution in [2.45, 2.75) is 13.3 Å². The van der Waals surface area contributed by atoms with Gasteiger partial charge in [0.25, 0.3) is 0 Å². The molecule has 1 aromatic rings. The van der Waals surface area contributed by atoms with Crippen LogP contribution in [0.2, 0.25) is 0 Å². The summed E-state index contributed by atoms with van der Waals surface area (Å²) in [6, 6.07) is 4.35. The van der Waals surface area contributed by atoms with Crippen LogP contribution in [0, 0.1) is 5.92 Å². The van der Waals surface area contributed by atoms with Crippen LogP contribution in [-0.4, -0.2) is 38.6 Å². The van der Waals surface area contributed by atoms with Crippen LogP contribution >= 0.6 is 11.3 Å². The van der Waals surface area contributed by atoms with Crippen LogP contribution in [0.1, 0.15) is 11.8 Å². The first-order valence-corrected chi connectivity index (χ1v) is 6.46. The lowest BCUT2D eigenvalue weighted by Gasteiger charge is -2.20. The van der Waals surface area contributed by atoms with Crippen molar-refractivity contribution in [3.63, 3.8) is 0 Å². The van der Waals surface area contributed by atoms with Crippen LogP contribution in [0.25, 0.3) is 0 Å². The first-order valence-electron chi connectivity index (χ1n) is 5.58. The lowest BCUT2D eigenvalue weighted by molar-refractivity contribution is 0.287. The molecule has 0 aliphatic heterocycles. The molecule has 0 amide bonds. The summed E-state index contributed by atoms with van der Waals surface area (Å²) in [5, 5.41) is 5.37. The average Bonchev–Trinajstić information content (AvgIpc) is 2.67. The molecule has 1 N–H and O–H groups in total. The quantitative estimate of drug-likeness (QED) is 0.766. The Bertz CT molecular complexity index is 246. The van der Waals surface area contributed by atoms with Crippen molar-refractivity contribution in [2.75, 3.05) is 33.7 Å². The van der Waals surface area contributed by atoms with Gasteiger partial charge in [-0.15, -0.1) is 11.3 Å². The molecule has 15 heavy (non-hydrogen) atoms. The predicted molar refractivity (Wildman–Crippen MR) is 68.6 cm³/mol. The van der Waals surface area contributed by atoms with Gasteiger partial charge in [0.05, 0.1) is 0 Å². The molecule has 3 heteroatoms. The number of nitrogens with one attached hydrogen (secondary N) is 1. The fraction of sp³-hybridized carbons (Fsp3) is 0.667. The summed E-state index contributed by atoms with van der Waals surface area (Å²) in [7, 11) is 4.22. The van der Waals surface area contributed by atoms with Crippen molar-refractivity contribution in [1.29, 1.82) is 0 Å². The Morgan fingerprint density at radius 3 is 2.93 bits per heavy atom. The Hall–Kier alpha value is -0.380. The zero-order chi connectivity index (χ0) is 11.1. The van der Waals surface area contributed by atoms with E-state index in [-0.39, 0.29) is 0 Å². The summed E-state index contributed by atoms with van der Waals surface area (Å²) in [6.45, 7) is 5.72. The van der Waals surface area contributed by atoms with Crippen molar-refractivity contribution in [2.24, 2.45) is 5.92 Å². The standard InChI is InChI=1S/C12H22N2S/c1-11(9-13-2)10-14(3)7-6-12-5-4-8-15-12/h4-5,8,11,13H,6-7,9-10H2,1-3H3. The molecule has 0 aromatic carbocycles. The highest BCUT2D eigenvalue weighted by Crippen LogP contribution is 2.09. The van der Waals surface area contributed by atoms with E-state index in [2.05, 4.69) is 41.7 Å². The van der Waals surface area contributed by atoms with Crippen molar-refractivity contribution in [1.82, 2.24) is 10.2 Å². The van der Waals surface area contributed by atoms with E-state index in [0.717, 1.165) is 19.0 Å². The summed E-state index contributed by atoms with van der Waals surface area (Å²) in [4.78, 5) is 3.91. The molecule has 1 heterocycles. The fourth-order valence-electron chi connectivity index (χ4n) is 1.79. The molecule has 1 rings (SSSR count). The minimum absolute atomic E-state index is 0.725. The molecule has 86 valence electrons. The van der Waals surface area contributed by atoms with Gasteiger partial charge in [-0.1, -0.05) is 13.0 Å². The predicted octanol–water partition coefficient (Wildman–Crippen LogP) is 2.08. The third-order valence-electron chi connectivity index (χ3n) is 2.50. The van der Waals surface area contributed by atoms with Gasteiger partial charge in [0.2, 0.25) is 0 Å². The molecule has 0 fully saturated rings. The Labute approximate surface area is 97.3 Å². The van der Waals surface area contributed by atoms with Gasteiger partial charge in [-0.2, -0.15) is 0 Å². The highest BCUT2D eigenvalue weighted by Gasteiger charge is 2.05. The molecule has 1 unspecified atom stereocenters. The summed E-state index contributed by atoms with van der Waals surface area (Å²) in [6.07, 6.45) is 1.18. The molecule has 0 bridgehead atoms. The van der Waals surface area contributed by atoms with E-state index in [1.54, 1.807) is 0 Å². The van der Waals surface area contributed by atoms with Crippen LogP contribution in [0.15, 0.2) is 17.5 Å². The first-order chi connectivity index (χ1) is 7.22. The first kappa shape index (κ1) is 12.7. The zero-order valence-corrected chi connectivity index (χ0v) is 10.8. The minimum atomic E-state index is 0.725. The van der Waals surface area contributed by atoms with Crippen molar-refractivity contribution in [3.05, 3.63) is 22.4 Å². The number of hydrogen-bond acceptors (Lipinski definition) is 3. The van der Waals surface area contributed by atoms with Gasteiger partial charge in [-0.3, -0.25) is 0 Å². The second-order valence-electron chi connectivity index (χ2n) is 4.25. The molecule has 0 radical (unpaired) electrons. The van der Waals surface area contributed by atoms with Crippen molar-refractivity contribution >= 4 is 11.3 Å². The monoisotopic (exact) mass is 226 g/mol. The number of rotatable bonds is 7. The summed E-state index contributed by atoms with van der Waals surface area (Å²) < 4.78 is 0. The van der Waals surface area contributed by atoms with Gasteiger partial charge >= 0.3 is 0 Å². The van der Waals surface area contributed by atoms with Gasteiger partial charge in [-0.05, 0) is 44.4 Å². The third-order valence-corrected chi connectivity index (χ3v) is 3.43. The van der Waals surface area contributed by atoms with Crippen LogP contribution < -0.4 is 5.32 Å². The molecule has 0 saturated carbocycles. The lowest BCUT2D eigenvalue weighted by Crippen LogP contribution is -2.30. The lowest BCUT2D eigenvalue weighted by atomic mass is 10.1. The van der Waals surface area contributed by atoms with E-state index >= 15 is 0 Å². The highest BCUT2D eigenvalue weighted by atomic mass is 32.1. The van der Waals surface area contributed by atoms with Crippen molar-refractivity contribution in [3.8, 4) is 0 Å². The van der Waals surface area contributed by atoms with Crippen molar-refractivity contribution < 1.29 is 0 Å². The van der Waals surface area contributed by atoms with E-state index in [1.165, 1.54) is 17.8 Å². The summed E-state index contributed by atoms with van der Waals surface area (Å²) >= 11 is 1.86. The van der Waals surface area contributed by atoms with Gasteiger partial charge < -0.3 is 10.2 Å².